The van der Waals surface area contributed by atoms with Gasteiger partial charge in [0, 0.05) is 25.6 Å². The minimum Gasteiger partial charge on any atom is -0.481 e. The summed E-state index contributed by atoms with van der Waals surface area (Å²) in [5.41, 5.74) is 0.685. The van der Waals surface area contributed by atoms with E-state index in [4.69, 9.17) is 5.11 Å². The van der Waals surface area contributed by atoms with E-state index in [0.717, 1.165) is 0 Å². The predicted octanol–water partition coefficient (Wildman–Crippen LogP) is 1.41. The molecule has 1 atom stereocenters. The van der Waals surface area contributed by atoms with E-state index in [-0.39, 0.29) is 18.2 Å². The van der Waals surface area contributed by atoms with Crippen molar-refractivity contribution in [3.05, 3.63) is 30.3 Å². The number of amides is 2. The van der Waals surface area contributed by atoms with Gasteiger partial charge in [0.2, 0.25) is 11.8 Å². The van der Waals surface area contributed by atoms with Crippen LogP contribution >= 0.6 is 0 Å². The number of para-hydroxylation sites is 1. The predicted molar refractivity (Wildman–Crippen MR) is 78.9 cm³/mol. The minimum absolute atomic E-state index is 0.00880. The number of carboxylic acids is 1. The monoisotopic (exact) mass is 292 g/mol. The van der Waals surface area contributed by atoms with Crippen molar-refractivity contribution >= 4 is 23.5 Å². The van der Waals surface area contributed by atoms with Crippen LogP contribution in [0, 0.1) is 0 Å². The number of nitrogens with one attached hydrogen (secondary N) is 1. The lowest BCUT2D eigenvalue weighted by atomic mass is 10.2. The second-order valence-electron chi connectivity index (χ2n) is 4.74. The topological polar surface area (TPSA) is 86.7 Å². The minimum atomic E-state index is -0.898. The first-order valence-corrected chi connectivity index (χ1v) is 6.77. The molecule has 1 aromatic rings. The molecule has 114 valence electrons. The molecule has 1 aromatic carbocycles. The smallest absolute Gasteiger partial charge is 0.303 e. The second-order valence-corrected chi connectivity index (χ2v) is 4.74. The Hall–Kier alpha value is -2.37. The lowest BCUT2D eigenvalue weighted by Gasteiger charge is -2.26. The highest BCUT2D eigenvalue weighted by molar-refractivity contribution is 5.98. The van der Waals surface area contributed by atoms with Gasteiger partial charge in [-0.3, -0.25) is 14.4 Å². The summed E-state index contributed by atoms with van der Waals surface area (Å²) in [6.07, 6.45) is 0.341. The third kappa shape index (κ3) is 5.64. The quantitative estimate of drug-likeness (QED) is 0.795. The summed E-state index contributed by atoms with van der Waals surface area (Å²) in [5.74, 6) is -1.44. The molecule has 0 spiro atoms. The maximum atomic E-state index is 12.4. The zero-order valence-electron chi connectivity index (χ0n) is 12.2. The van der Waals surface area contributed by atoms with E-state index in [1.807, 2.05) is 6.07 Å². The van der Waals surface area contributed by atoms with Crippen molar-refractivity contribution in [2.75, 3.05) is 11.4 Å². The number of rotatable bonds is 7. The van der Waals surface area contributed by atoms with Crippen LogP contribution in [0.25, 0.3) is 0 Å². The van der Waals surface area contributed by atoms with Crippen molar-refractivity contribution in [2.45, 2.75) is 32.7 Å². The van der Waals surface area contributed by atoms with Gasteiger partial charge in [0.15, 0.2) is 0 Å². The molecule has 21 heavy (non-hydrogen) atoms. The van der Waals surface area contributed by atoms with Crippen LogP contribution in [0.2, 0.25) is 0 Å². The third-order valence-electron chi connectivity index (χ3n) is 2.90. The average Bonchev–Trinajstić information content (AvgIpc) is 2.43. The summed E-state index contributed by atoms with van der Waals surface area (Å²) in [7, 11) is 0. The van der Waals surface area contributed by atoms with E-state index in [9.17, 15) is 14.4 Å². The Balaban J connectivity index is 2.83. The molecule has 0 aliphatic heterocycles. The first-order valence-electron chi connectivity index (χ1n) is 6.77. The molecule has 0 radical (unpaired) electrons. The van der Waals surface area contributed by atoms with E-state index < -0.39 is 12.0 Å². The second kappa shape index (κ2) is 8.04. The van der Waals surface area contributed by atoms with Crippen LogP contribution in [0.15, 0.2) is 30.3 Å². The summed E-state index contributed by atoms with van der Waals surface area (Å²) in [4.78, 5) is 35.6. The lowest BCUT2D eigenvalue weighted by Crippen LogP contribution is -2.47. The Morgan fingerprint density at radius 3 is 2.38 bits per heavy atom. The molecule has 6 nitrogen and oxygen atoms in total. The van der Waals surface area contributed by atoms with Crippen molar-refractivity contribution in [2.24, 2.45) is 0 Å². The maximum Gasteiger partial charge on any atom is 0.303 e. The molecular formula is C15H20N2O4. The summed E-state index contributed by atoms with van der Waals surface area (Å²) in [6.45, 7) is 3.25. The van der Waals surface area contributed by atoms with Crippen molar-refractivity contribution in [3.8, 4) is 0 Å². The molecule has 0 bridgehead atoms. The first-order chi connectivity index (χ1) is 9.91. The van der Waals surface area contributed by atoms with Gasteiger partial charge in [0.1, 0.15) is 6.04 Å². The number of carboxylic acid groups (broad SMARTS) is 1. The Bertz CT molecular complexity index is 502. The van der Waals surface area contributed by atoms with Gasteiger partial charge >= 0.3 is 5.97 Å². The SMILES string of the molecule is CC(=O)NC(C)C(=O)N(CCCC(=O)O)c1ccccc1. The van der Waals surface area contributed by atoms with Gasteiger partial charge in [0.25, 0.3) is 0 Å². The highest BCUT2D eigenvalue weighted by Gasteiger charge is 2.22. The van der Waals surface area contributed by atoms with Crippen LogP contribution in [0.4, 0.5) is 5.69 Å². The zero-order chi connectivity index (χ0) is 15.8. The van der Waals surface area contributed by atoms with Crippen LogP contribution in [0.3, 0.4) is 0 Å². The first kappa shape index (κ1) is 16.7. The molecule has 2 N–H and O–H groups in total. The standard InChI is InChI=1S/C15H20N2O4/c1-11(16-12(2)18)15(21)17(10-6-9-14(19)20)13-7-4-3-5-8-13/h3-5,7-8,11H,6,9-10H2,1-2H3,(H,16,18)(H,19,20). The molecule has 0 aliphatic carbocycles. The molecule has 0 aromatic heterocycles. The third-order valence-corrected chi connectivity index (χ3v) is 2.90. The molecule has 0 saturated carbocycles. The van der Waals surface area contributed by atoms with E-state index in [1.165, 1.54) is 11.8 Å². The summed E-state index contributed by atoms with van der Waals surface area (Å²) in [5, 5.41) is 11.2. The largest absolute Gasteiger partial charge is 0.481 e. The highest BCUT2D eigenvalue weighted by Crippen LogP contribution is 2.15. The number of carbonyl (C=O) groups is 3. The fourth-order valence-corrected chi connectivity index (χ4v) is 1.96. The van der Waals surface area contributed by atoms with Crippen molar-refractivity contribution in [1.29, 1.82) is 0 Å². The maximum absolute atomic E-state index is 12.4. The van der Waals surface area contributed by atoms with Crippen molar-refractivity contribution in [3.63, 3.8) is 0 Å². The average molecular weight is 292 g/mol. The molecule has 1 rings (SSSR count). The summed E-state index contributed by atoms with van der Waals surface area (Å²) < 4.78 is 0. The highest BCUT2D eigenvalue weighted by atomic mass is 16.4. The van der Waals surface area contributed by atoms with Gasteiger partial charge in [-0.1, -0.05) is 18.2 Å². The Morgan fingerprint density at radius 1 is 1.24 bits per heavy atom. The Kier molecular flexibility index (Phi) is 6.39. The van der Waals surface area contributed by atoms with Gasteiger partial charge < -0.3 is 15.3 Å². The Morgan fingerprint density at radius 2 is 1.86 bits per heavy atom. The Labute approximate surface area is 123 Å². The fraction of sp³-hybridized carbons (Fsp3) is 0.400. The van der Waals surface area contributed by atoms with Gasteiger partial charge in [-0.05, 0) is 25.5 Å². The van der Waals surface area contributed by atoms with E-state index >= 15 is 0 Å². The molecule has 1 unspecified atom stereocenters. The number of benzene rings is 1. The van der Waals surface area contributed by atoms with Gasteiger partial charge in [-0.25, -0.2) is 0 Å². The lowest BCUT2D eigenvalue weighted by molar-refractivity contribution is -0.137. The van der Waals surface area contributed by atoms with E-state index in [0.29, 0.717) is 18.7 Å². The van der Waals surface area contributed by atoms with Crippen LogP contribution in [-0.2, 0) is 14.4 Å². The number of anilines is 1. The number of hydrogen-bond donors (Lipinski definition) is 2. The molecule has 0 heterocycles. The molecule has 0 fully saturated rings. The van der Waals surface area contributed by atoms with Crippen molar-refractivity contribution in [1.82, 2.24) is 5.32 Å². The van der Waals surface area contributed by atoms with Crippen molar-refractivity contribution < 1.29 is 19.5 Å². The van der Waals surface area contributed by atoms with E-state index in [1.54, 1.807) is 31.2 Å². The fourth-order valence-electron chi connectivity index (χ4n) is 1.96. The summed E-state index contributed by atoms with van der Waals surface area (Å²) in [6, 6.07) is 8.33. The van der Waals surface area contributed by atoms with E-state index in [2.05, 4.69) is 5.32 Å². The molecular weight excluding hydrogens is 272 g/mol. The van der Waals surface area contributed by atoms with Crippen LogP contribution < -0.4 is 10.2 Å². The summed E-state index contributed by atoms with van der Waals surface area (Å²) >= 11 is 0. The normalized spacial score (nSPS) is 11.5. The van der Waals surface area contributed by atoms with Crippen LogP contribution in [0.1, 0.15) is 26.7 Å². The van der Waals surface area contributed by atoms with Crippen LogP contribution in [-0.4, -0.2) is 35.5 Å². The van der Waals surface area contributed by atoms with Gasteiger partial charge in [-0.2, -0.15) is 0 Å². The molecule has 2 amide bonds. The molecule has 0 saturated heterocycles. The number of nitrogens with zero attached hydrogens (tertiary/aromatic N) is 1. The number of hydrogen-bond acceptors (Lipinski definition) is 3. The zero-order valence-corrected chi connectivity index (χ0v) is 12.2. The van der Waals surface area contributed by atoms with Gasteiger partial charge in [-0.15, -0.1) is 0 Å². The van der Waals surface area contributed by atoms with Crippen LogP contribution in [0.5, 0.6) is 0 Å². The molecule has 0 aliphatic rings. The number of aliphatic carboxylic acids is 1. The van der Waals surface area contributed by atoms with Gasteiger partial charge in [0.05, 0.1) is 0 Å². The molecule has 6 heteroatoms. The number of carbonyl (C=O) groups excluding carboxylic acids is 2.